The van der Waals surface area contributed by atoms with Crippen molar-refractivity contribution >= 4 is 22.9 Å². The normalized spacial score (nSPS) is 14.5. The molecule has 9 heteroatoms. The molecule has 0 atom stereocenters. The third-order valence-electron chi connectivity index (χ3n) is 5.93. The number of halogens is 3. The van der Waals surface area contributed by atoms with E-state index >= 15 is 0 Å². The lowest BCUT2D eigenvalue weighted by atomic mass is 10.0. The van der Waals surface area contributed by atoms with Gasteiger partial charge in [-0.05, 0) is 56.4 Å². The van der Waals surface area contributed by atoms with Gasteiger partial charge < -0.3 is 10.6 Å². The fraction of sp³-hybridized carbons (Fsp3) is 0.400. The number of fused-ring (bicyclic) bond motifs is 1. The second-order valence-corrected chi connectivity index (χ2v) is 8.55. The molecule has 2 aromatic heterocycles. The Labute approximate surface area is 196 Å². The number of hydrogen-bond donors (Lipinski definition) is 2. The minimum Gasteiger partial charge on any atom is -0.367 e. The molecule has 0 radical (unpaired) electrons. The molecule has 0 spiro atoms. The summed E-state index contributed by atoms with van der Waals surface area (Å²) < 4.78 is 39.9. The molecule has 180 valence electrons. The van der Waals surface area contributed by atoms with Crippen LogP contribution in [0.1, 0.15) is 61.1 Å². The van der Waals surface area contributed by atoms with Gasteiger partial charge in [0.15, 0.2) is 11.5 Å². The van der Waals surface area contributed by atoms with Gasteiger partial charge in [0.25, 0.3) is 5.91 Å². The molecule has 1 aromatic carbocycles. The number of allylic oxidation sites excluding steroid dienone is 2. The van der Waals surface area contributed by atoms with Gasteiger partial charge in [-0.25, -0.2) is 9.97 Å². The van der Waals surface area contributed by atoms with Crippen molar-refractivity contribution in [2.45, 2.75) is 58.7 Å². The van der Waals surface area contributed by atoms with E-state index in [9.17, 15) is 18.0 Å². The Morgan fingerprint density at radius 3 is 2.68 bits per heavy atom. The number of alkyl halides is 3. The third kappa shape index (κ3) is 5.24. The second-order valence-electron chi connectivity index (χ2n) is 8.55. The van der Waals surface area contributed by atoms with Gasteiger partial charge in [-0.2, -0.15) is 13.2 Å². The number of benzene rings is 1. The molecular formula is C25H28F3N5O. The van der Waals surface area contributed by atoms with Gasteiger partial charge in [0.1, 0.15) is 0 Å². The van der Waals surface area contributed by atoms with E-state index in [2.05, 4.69) is 20.6 Å². The van der Waals surface area contributed by atoms with E-state index in [0.29, 0.717) is 22.7 Å². The molecule has 0 saturated heterocycles. The Hall–Kier alpha value is -3.36. The van der Waals surface area contributed by atoms with Gasteiger partial charge in [-0.15, -0.1) is 0 Å². The summed E-state index contributed by atoms with van der Waals surface area (Å²) in [7, 11) is 0. The van der Waals surface area contributed by atoms with Crippen LogP contribution in [-0.2, 0) is 0 Å². The quantitative estimate of drug-likeness (QED) is 0.437. The van der Waals surface area contributed by atoms with E-state index < -0.39 is 12.6 Å². The Balaban J connectivity index is 1.73. The maximum atomic E-state index is 12.7. The zero-order valence-electron chi connectivity index (χ0n) is 19.5. The number of aromatic nitrogens is 3. The van der Waals surface area contributed by atoms with Gasteiger partial charge in [-0.1, -0.05) is 19.1 Å². The molecule has 1 aliphatic rings. The molecule has 2 N–H and O–H groups in total. The van der Waals surface area contributed by atoms with Crippen molar-refractivity contribution in [3.05, 3.63) is 53.5 Å². The van der Waals surface area contributed by atoms with Gasteiger partial charge in [-0.3, -0.25) is 9.20 Å². The van der Waals surface area contributed by atoms with Crippen molar-refractivity contribution in [1.29, 1.82) is 0 Å². The fourth-order valence-electron chi connectivity index (χ4n) is 3.90. The summed E-state index contributed by atoms with van der Waals surface area (Å²) in [5, 5.41) is 5.82. The molecular weight excluding hydrogens is 443 g/mol. The van der Waals surface area contributed by atoms with Crippen molar-refractivity contribution in [3.8, 4) is 11.3 Å². The van der Waals surface area contributed by atoms with Crippen molar-refractivity contribution < 1.29 is 18.0 Å². The van der Waals surface area contributed by atoms with Crippen LogP contribution in [-0.4, -0.2) is 39.0 Å². The number of carbonyl (C=O) groups is 1. The fourth-order valence-corrected chi connectivity index (χ4v) is 3.90. The SMILES string of the molecule is C/C=C(\CC)c1cn2c(-c3ccc(C(=O)NC4CC4)c(C)c3)cnc2c(NCCC(F)(F)F)n1. The average molecular weight is 472 g/mol. The summed E-state index contributed by atoms with van der Waals surface area (Å²) in [6.45, 7) is 5.51. The molecule has 1 aliphatic carbocycles. The van der Waals surface area contributed by atoms with Crippen molar-refractivity contribution in [1.82, 2.24) is 19.7 Å². The first-order valence-corrected chi connectivity index (χ1v) is 11.5. The van der Waals surface area contributed by atoms with E-state index in [1.807, 2.05) is 49.6 Å². The maximum Gasteiger partial charge on any atom is 0.390 e. The molecule has 3 aromatic rings. The van der Waals surface area contributed by atoms with Crippen LogP contribution in [0.25, 0.3) is 22.5 Å². The van der Waals surface area contributed by atoms with E-state index in [1.165, 1.54) is 0 Å². The molecule has 34 heavy (non-hydrogen) atoms. The summed E-state index contributed by atoms with van der Waals surface area (Å²) in [5.41, 5.74) is 5.17. The van der Waals surface area contributed by atoms with E-state index in [4.69, 9.17) is 0 Å². The highest BCUT2D eigenvalue weighted by atomic mass is 19.4. The van der Waals surface area contributed by atoms with Gasteiger partial charge in [0, 0.05) is 29.9 Å². The van der Waals surface area contributed by atoms with Gasteiger partial charge in [0.2, 0.25) is 0 Å². The van der Waals surface area contributed by atoms with Crippen LogP contribution < -0.4 is 10.6 Å². The van der Waals surface area contributed by atoms with E-state index in [0.717, 1.165) is 41.7 Å². The number of rotatable bonds is 8. The molecule has 0 aliphatic heterocycles. The second kappa shape index (κ2) is 9.48. The van der Waals surface area contributed by atoms with Crippen LogP contribution in [0.4, 0.5) is 19.0 Å². The van der Waals surface area contributed by atoms with E-state index in [-0.39, 0.29) is 18.5 Å². The first kappa shape index (κ1) is 23.8. The van der Waals surface area contributed by atoms with Crippen LogP contribution in [0.5, 0.6) is 0 Å². The number of nitrogens with one attached hydrogen (secondary N) is 2. The van der Waals surface area contributed by atoms with Crippen LogP contribution in [0.3, 0.4) is 0 Å². The standard InChI is InChI=1S/C25H28F3N5O/c1-4-16(5-2)20-14-33-21(13-30-23(33)22(32-20)29-11-10-25(26,27)28)17-6-9-19(15(3)12-17)24(34)31-18-7-8-18/h4,6,9,12-14,18H,5,7-8,10-11H2,1-3H3,(H,29,32)(H,31,34)/b16-4+. The minimum absolute atomic E-state index is 0.0759. The zero-order chi connectivity index (χ0) is 24.5. The molecule has 1 fully saturated rings. The monoisotopic (exact) mass is 471 g/mol. The Kier molecular flexibility index (Phi) is 6.63. The average Bonchev–Trinajstić information content (AvgIpc) is 3.48. The summed E-state index contributed by atoms with van der Waals surface area (Å²) in [6, 6.07) is 5.87. The largest absolute Gasteiger partial charge is 0.390 e. The van der Waals surface area contributed by atoms with Crippen LogP contribution in [0.15, 0.2) is 36.7 Å². The van der Waals surface area contributed by atoms with Crippen molar-refractivity contribution in [2.24, 2.45) is 0 Å². The predicted molar refractivity (Wildman–Crippen MR) is 127 cm³/mol. The third-order valence-corrected chi connectivity index (χ3v) is 5.93. The van der Waals surface area contributed by atoms with Crippen LogP contribution >= 0.6 is 0 Å². The van der Waals surface area contributed by atoms with Crippen molar-refractivity contribution in [3.63, 3.8) is 0 Å². The number of aryl methyl sites for hydroxylation is 1. The molecule has 0 bridgehead atoms. The zero-order valence-corrected chi connectivity index (χ0v) is 19.5. The van der Waals surface area contributed by atoms with Crippen molar-refractivity contribution in [2.75, 3.05) is 11.9 Å². The predicted octanol–water partition coefficient (Wildman–Crippen LogP) is 5.77. The van der Waals surface area contributed by atoms with Crippen LogP contribution in [0.2, 0.25) is 0 Å². The lowest BCUT2D eigenvalue weighted by Crippen LogP contribution is -2.26. The Bertz CT molecular complexity index is 1240. The number of carbonyl (C=O) groups excluding carboxylic acids is 1. The number of amides is 1. The lowest BCUT2D eigenvalue weighted by molar-refractivity contribution is -0.131. The van der Waals surface area contributed by atoms with Gasteiger partial charge >= 0.3 is 6.18 Å². The molecule has 4 rings (SSSR count). The lowest BCUT2D eigenvalue weighted by Gasteiger charge is -2.13. The summed E-state index contributed by atoms with van der Waals surface area (Å²) >= 11 is 0. The molecule has 1 amide bonds. The number of hydrogen-bond acceptors (Lipinski definition) is 4. The number of anilines is 1. The maximum absolute atomic E-state index is 12.7. The summed E-state index contributed by atoms with van der Waals surface area (Å²) in [6.07, 6.45) is 3.02. The minimum atomic E-state index is -4.26. The highest BCUT2D eigenvalue weighted by Gasteiger charge is 2.27. The first-order valence-electron chi connectivity index (χ1n) is 11.5. The Morgan fingerprint density at radius 1 is 1.29 bits per heavy atom. The number of nitrogens with zero attached hydrogens (tertiary/aromatic N) is 3. The van der Waals surface area contributed by atoms with E-state index in [1.54, 1.807) is 12.3 Å². The van der Waals surface area contributed by atoms with Crippen LogP contribution in [0, 0.1) is 6.92 Å². The molecule has 6 nitrogen and oxygen atoms in total. The summed E-state index contributed by atoms with van der Waals surface area (Å²) in [5.74, 6) is 0.228. The smallest absolute Gasteiger partial charge is 0.367 e. The molecule has 1 saturated carbocycles. The molecule has 0 unspecified atom stereocenters. The first-order chi connectivity index (χ1) is 16.2. The Morgan fingerprint density at radius 2 is 2.06 bits per heavy atom. The highest BCUT2D eigenvalue weighted by Crippen LogP contribution is 2.29. The highest BCUT2D eigenvalue weighted by molar-refractivity contribution is 5.96. The topological polar surface area (TPSA) is 71.3 Å². The summed E-state index contributed by atoms with van der Waals surface area (Å²) in [4.78, 5) is 21.5. The number of imidazole rings is 1. The van der Waals surface area contributed by atoms with Gasteiger partial charge in [0.05, 0.1) is 24.0 Å². The molecule has 2 heterocycles.